The van der Waals surface area contributed by atoms with Crippen molar-refractivity contribution in [3.63, 3.8) is 0 Å². The number of amides is 1. The number of likely N-dealkylation sites (tertiary alicyclic amines) is 1. The third-order valence-corrected chi connectivity index (χ3v) is 4.88. The Hall–Kier alpha value is -0.580. The van der Waals surface area contributed by atoms with Crippen LogP contribution in [-0.2, 0) is 11.2 Å². The van der Waals surface area contributed by atoms with Gasteiger partial charge in [-0.1, -0.05) is 33.6 Å². The van der Waals surface area contributed by atoms with E-state index in [4.69, 9.17) is 17.3 Å². The minimum absolute atomic E-state index is 0.146. The van der Waals surface area contributed by atoms with E-state index >= 15 is 0 Å². The standard InChI is InChI=1S/C15H20BrClN2O/c1-10(18)12-3-2-6-19(9-12)15(20)7-11-4-5-13(17)8-14(11)16/h4-5,8,10,12H,2-3,6-7,9,18H2,1H3. The average Bonchev–Trinajstić information content (AvgIpc) is 2.42. The third-order valence-electron chi connectivity index (χ3n) is 3.91. The van der Waals surface area contributed by atoms with Crippen molar-refractivity contribution >= 4 is 33.4 Å². The maximum absolute atomic E-state index is 12.4. The Kier molecular flexibility index (Phi) is 5.47. The SMILES string of the molecule is CC(N)C1CCCN(C(=O)Cc2ccc(Cl)cc2Br)C1. The molecule has 1 amide bonds. The first-order valence-electron chi connectivity index (χ1n) is 6.94. The van der Waals surface area contributed by atoms with Crippen molar-refractivity contribution in [1.82, 2.24) is 4.90 Å². The largest absolute Gasteiger partial charge is 0.342 e. The zero-order valence-corrected chi connectivity index (χ0v) is 14.0. The van der Waals surface area contributed by atoms with Gasteiger partial charge in [0.25, 0.3) is 0 Å². The van der Waals surface area contributed by atoms with Gasteiger partial charge in [0.1, 0.15) is 0 Å². The van der Waals surface area contributed by atoms with Crippen molar-refractivity contribution in [3.05, 3.63) is 33.3 Å². The van der Waals surface area contributed by atoms with Gasteiger partial charge in [-0.3, -0.25) is 4.79 Å². The Morgan fingerprint density at radius 3 is 3.00 bits per heavy atom. The summed E-state index contributed by atoms with van der Waals surface area (Å²) >= 11 is 9.38. The lowest BCUT2D eigenvalue weighted by Gasteiger charge is -2.34. The fraction of sp³-hybridized carbons (Fsp3) is 0.533. The molecule has 2 unspecified atom stereocenters. The van der Waals surface area contributed by atoms with Crippen LogP contribution in [0.2, 0.25) is 5.02 Å². The van der Waals surface area contributed by atoms with E-state index in [2.05, 4.69) is 15.9 Å². The first kappa shape index (κ1) is 15.8. The van der Waals surface area contributed by atoms with Gasteiger partial charge in [0.2, 0.25) is 5.91 Å². The van der Waals surface area contributed by atoms with Crippen molar-refractivity contribution < 1.29 is 4.79 Å². The summed E-state index contributed by atoms with van der Waals surface area (Å²) in [6.07, 6.45) is 2.56. The van der Waals surface area contributed by atoms with Crippen molar-refractivity contribution in [2.45, 2.75) is 32.2 Å². The van der Waals surface area contributed by atoms with Gasteiger partial charge in [-0.2, -0.15) is 0 Å². The van der Waals surface area contributed by atoms with E-state index < -0.39 is 0 Å². The van der Waals surface area contributed by atoms with Gasteiger partial charge in [0, 0.05) is 28.6 Å². The summed E-state index contributed by atoms with van der Waals surface area (Å²) in [6.45, 7) is 3.64. The van der Waals surface area contributed by atoms with Gasteiger partial charge in [0.15, 0.2) is 0 Å². The highest BCUT2D eigenvalue weighted by Gasteiger charge is 2.25. The molecule has 5 heteroatoms. The molecule has 2 N–H and O–H groups in total. The molecule has 0 aliphatic carbocycles. The van der Waals surface area contributed by atoms with Gasteiger partial charge in [-0.15, -0.1) is 0 Å². The highest BCUT2D eigenvalue weighted by molar-refractivity contribution is 9.10. The van der Waals surface area contributed by atoms with Crippen molar-refractivity contribution in [3.8, 4) is 0 Å². The van der Waals surface area contributed by atoms with Crippen LogP contribution in [-0.4, -0.2) is 29.9 Å². The Morgan fingerprint density at radius 2 is 2.35 bits per heavy atom. The molecule has 1 aliphatic heterocycles. The molecule has 1 aromatic carbocycles. The summed E-state index contributed by atoms with van der Waals surface area (Å²) in [4.78, 5) is 14.3. The molecule has 2 rings (SSSR count). The summed E-state index contributed by atoms with van der Waals surface area (Å²) < 4.78 is 0.888. The van der Waals surface area contributed by atoms with Crippen LogP contribution in [0.15, 0.2) is 22.7 Å². The molecular weight excluding hydrogens is 340 g/mol. The number of carbonyl (C=O) groups excluding carboxylic acids is 1. The van der Waals surface area contributed by atoms with E-state index in [1.54, 1.807) is 0 Å². The molecule has 3 nitrogen and oxygen atoms in total. The maximum atomic E-state index is 12.4. The predicted molar refractivity (Wildman–Crippen MR) is 85.8 cm³/mol. The van der Waals surface area contributed by atoms with Crippen LogP contribution in [0.4, 0.5) is 0 Å². The lowest BCUT2D eigenvalue weighted by Crippen LogP contribution is -2.45. The van der Waals surface area contributed by atoms with Crippen LogP contribution >= 0.6 is 27.5 Å². The second-order valence-corrected chi connectivity index (χ2v) is 6.80. The molecule has 0 aromatic heterocycles. The first-order chi connectivity index (χ1) is 9.47. The average molecular weight is 360 g/mol. The van der Waals surface area contributed by atoms with E-state index in [1.165, 1.54) is 0 Å². The molecule has 2 atom stereocenters. The monoisotopic (exact) mass is 358 g/mol. The lowest BCUT2D eigenvalue weighted by molar-refractivity contribution is -0.132. The smallest absolute Gasteiger partial charge is 0.227 e. The fourth-order valence-electron chi connectivity index (χ4n) is 2.61. The zero-order chi connectivity index (χ0) is 14.7. The quantitative estimate of drug-likeness (QED) is 0.900. The highest BCUT2D eigenvalue weighted by Crippen LogP contribution is 2.24. The molecule has 1 fully saturated rings. The minimum Gasteiger partial charge on any atom is -0.342 e. The zero-order valence-electron chi connectivity index (χ0n) is 11.6. The predicted octanol–water partition coefficient (Wildman–Crippen LogP) is 3.23. The molecule has 1 saturated heterocycles. The van der Waals surface area contributed by atoms with E-state index in [-0.39, 0.29) is 11.9 Å². The van der Waals surface area contributed by atoms with E-state index in [0.29, 0.717) is 17.4 Å². The molecule has 20 heavy (non-hydrogen) atoms. The molecule has 0 saturated carbocycles. The number of nitrogens with two attached hydrogens (primary N) is 1. The lowest BCUT2D eigenvalue weighted by atomic mass is 9.92. The van der Waals surface area contributed by atoms with Crippen LogP contribution in [0.25, 0.3) is 0 Å². The molecule has 0 bridgehead atoms. The second kappa shape index (κ2) is 6.92. The highest BCUT2D eigenvalue weighted by atomic mass is 79.9. The molecule has 0 radical (unpaired) electrons. The number of hydrogen-bond acceptors (Lipinski definition) is 2. The Bertz CT molecular complexity index is 493. The normalized spacial score (nSPS) is 20.8. The van der Waals surface area contributed by atoms with E-state index in [9.17, 15) is 4.79 Å². The first-order valence-corrected chi connectivity index (χ1v) is 8.11. The number of hydrogen-bond donors (Lipinski definition) is 1. The number of benzene rings is 1. The Balaban J connectivity index is 2.00. The van der Waals surface area contributed by atoms with Crippen molar-refractivity contribution in [2.24, 2.45) is 11.7 Å². The van der Waals surface area contributed by atoms with Crippen molar-refractivity contribution in [2.75, 3.05) is 13.1 Å². The second-order valence-electron chi connectivity index (χ2n) is 5.51. The molecule has 1 aromatic rings. The topological polar surface area (TPSA) is 46.3 Å². The molecule has 0 spiro atoms. The molecule has 1 aliphatic rings. The van der Waals surface area contributed by atoms with Gasteiger partial charge < -0.3 is 10.6 Å². The Labute approximate surface area is 133 Å². The Morgan fingerprint density at radius 1 is 1.60 bits per heavy atom. The van der Waals surface area contributed by atoms with Crippen molar-refractivity contribution in [1.29, 1.82) is 0 Å². The summed E-state index contributed by atoms with van der Waals surface area (Å²) in [5.41, 5.74) is 6.94. The van der Waals surface area contributed by atoms with Gasteiger partial charge in [-0.25, -0.2) is 0 Å². The van der Waals surface area contributed by atoms with Crippen LogP contribution in [0.1, 0.15) is 25.3 Å². The van der Waals surface area contributed by atoms with Crippen LogP contribution < -0.4 is 5.73 Å². The van der Waals surface area contributed by atoms with Gasteiger partial charge in [0.05, 0.1) is 6.42 Å². The number of rotatable bonds is 3. The molecule has 1 heterocycles. The number of piperidine rings is 1. The molecule has 110 valence electrons. The van der Waals surface area contributed by atoms with Gasteiger partial charge >= 0.3 is 0 Å². The van der Waals surface area contributed by atoms with Crippen LogP contribution in [0.3, 0.4) is 0 Å². The minimum atomic E-state index is 0.146. The van der Waals surface area contributed by atoms with Crippen LogP contribution in [0, 0.1) is 5.92 Å². The summed E-state index contributed by atoms with van der Waals surface area (Å²) in [5.74, 6) is 0.583. The van der Waals surface area contributed by atoms with E-state index in [1.807, 2.05) is 30.0 Å². The third kappa shape index (κ3) is 3.96. The molecular formula is C15H20BrClN2O. The fourth-order valence-corrected chi connectivity index (χ4v) is 3.43. The number of nitrogens with zero attached hydrogens (tertiary/aromatic N) is 1. The summed E-state index contributed by atoms with van der Waals surface area (Å²) in [7, 11) is 0. The number of halogens is 2. The maximum Gasteiger partial charge on any atom is 0.227 e. The van der Waals surface area contributed by atoms with Gasteiger partial charge in [-0.05, 0) is 43.4 Å². The van der Waals surface area contributed by atoms with Crippen LogP contribution in [0.5, 0.6) is 0 Å². The summed E-state index contributed by atoms with van der Waals surface area (Å²) in [5, 5.41) is 0.670. The van der Waals surface area contributed by atoms with E-state index in [0.717, 1.165) is 36.0 Å². The number of carbonyl (C=O) groups is 1. The summed E-state index contributed by atoms with van der Waals surface area (Å²) in [6, 6.07) is 5.69.